The normalized spacial score (nSPS) is 14.1. The number of hydrogen-bond donors (Lipinski definition) is 0. The molecule has 0 amide bonds. The molecule has 4 nitrogen and oxygen atoms in total. The molecule has 1 unspecified atom stereocenters. The van der Waals surface area contributed by atoms with E-state index >= 15 is 0 Å². The van der Waals surface area contributed by atoms with Gasteiger partial charge in [0, 0.05) is 13.5 Å². The summed E-state index contributed by atoms with van der Waals surface area (Å²) in [5, 5.41) is 4.32. The van der Waals surface area contributed by atoms with Crippen molar-refractivity contribution in [2.24, 2.45) is 12.5 Å². The van der Waals surface area contributed by atoms with E-state index < -0.39 is 5.41 Å². The number of aromatic nitrogens is 2. The summed E-state index contributed by atoms with van der Waals surface area (Å²) in [6.07, 6.45) is 2.15. The summed E-state index contributed by atoms with van der Waals surface area (Å²) in [5.41, 5.74) is 1.13. The third-order valence-corrected chi connectivity index (χ3v) is 4.02. The van der Waals surface area contributed by atoms with Crippen molar-refractivity contribution in [3.63, 3.8) is 0 Å². The van der Waals surface area contributed by atoms with E-state index in [0.29, 0.717) is 13.0 Å². The topological polar surface area (TPSA) is 44.1 Å². The maximum Gasteiger partial charge on any atom is 0.316 e. The SMILES string of the molecule is C=CC(C)(Cc1c(Br)c(C)nn1C)C(=O)OCC. The van der Waals surface area contributed by atoms with Crippen molar-refractivity contribution in [3.05, 3.63) is 28.5 Å². The highest BCUT2D eigenvalue weighted by Crippen LogP contribution is 2.30. The zero-order valence-electron chi connectivity index (χ0n) is 11.3. The first-order valence-corrected chi connectivity index (χ1v) is 6.63. The summed E-state index contributed by atoms with van der Waals surface area (Å²) in [5.74, 6) is -0.259. The van der Waals surface area contributed by atoms with Crippen LogP contribution in [0.1, 0.15) is 25.2 Å². The first kappa shape index (κ1) is 15.0. The van der Waals surface area contributed by atoms with Gasteiger partial charge in [-0.15, -0.1) is 6.58 Å². The molecule has 100 valence electrons. The van der Waals surface area contributed by atoms with E-state index in [0.717, 1.165) is 15.9 Å². The Morgan fingerprint density at radius 1 is 1.67 bits per heavy atom. The van der Waals surface area contributed by atoms with Crippen molar-refractivity contribution in [1.29, 1.82) is 0 Å². The quantitative estimate of drug-likeness (QED) is 0.620. The Morgan fingerprint density at radius 2 is 2.28 bits per heavy atom. The molecular formula is C13H19BrN2O2. The molecule has 0 saturated carbocycles. The molecule has 0 aliphatic carbocycles. The molecule has 0 aliphatic rings. The fourth-order valence-corrected chi connectivity index (χ4v) is 2.22. The van der Waals surface area contributed by atoms with Crippen LogP contribution in [0.2, 0.25) is 0 Å². The first-order chi connectivity index (χ1) is 8.35. The predicted molar refractivity (Wildman–Crippen MR) is 74.3 cm³/mol. The maximum atomic E-state index is 12.0. The van der Waals surface area contributed by atoms with Crippen LogP contribution in [0.5, 0.6) is 0 Å². The van der Waals surface area contributed by atoms with Crippen molar-refractivity contribution in [1.82, 2.24) is 9.78 Å². The highest BCUT2D eigenvalue weighted by molar-refractivity contribution is 9.10. The van der Waals surface area contributed by atoms with Crippen molar-refractivity contribution in [3.8, 4) is 0 Å². The van der Waals surface area contributed by atoms with E-state index in [1.807, 2.05) is 20.9 Å². The number of esters is 1. The summed E-state index contributed by atoms with van der Waals surface area (Å²) in [6, 6.07) is 0. The minimum Gasteiger partial charge on any atom is -0.465 e. The number of nitrogens with zero attached hydrogens (tertiary/aromatic N) is 2. The Balaban J connectivity index is 3.05. The Labute approximate surface area is 116 Å². The minimum atomic E-state index is -0.737. The largest absolute Gasteiger partial charge is 0.465 e. The molecule has 0 aromatic carbocycles. The van der Waals surface area contributed by atoms with Crippen LogP contribution in [-0.4, -0.2) is 22.4 Å². The van der Waals surface area contributed by atoms with Crippen LogP contribution in [0, 0.1) is 12.3 Å². The van der Waals surface area contributed by atoms with Gasteiger partial charge >= 0.3 is 5.97 Å². The van der Waals surface area contributed by atoms with Gasteiger partial charge in [0.2, 0.25) is 0 Å². The van der Waals surface area contributed by atoms with Crippen LogP contribution in [0.4, 0.5) is 0 Å². The molecule has 0 spiro atoms. The number of carbonyl (C=O) groups is 1. The van der Waals surface area contributed by atoms with Gasteiger partial charge in [-0.25, -0.2) is 0 Å². The summed E-state index contributed by atoms with van der Waals surface area (Å²) in [6.45, 7) is 9.66. The van der Waals surface area contributed by atoms with E-state index in [9.17, 15) is 4.79 Å². The standard InChI is InChI=1S/C13H19BrN2O2/c1-6-13(4,12(17)18-7-2)8-10-11(14)9(3)15-16(10)5/h6H,1,7-8H2,2-5H3. The van der Waals surface area contributed by atoms with Gasteiger partial charge in [0.05, 0.1) is 27.9 Å². The molecule has 0 saturated heterocycles. The zero-order valence-corrected chi connectivity index (χ0v) is 12.9. The third-order valence-electron chi connectivity index (χ3n) is 2.99. The van der Waals surface area contributed by atoms with E-state index in [1.165, 1.54) is 0 Å². The highest BCUT2D eigenvalue weighted by Gasteiger charge is 2.33. The lowest BCUT2D eigenvalue weighted by Crippen LogP contribution is -2.31. The van der Waals surface area contributed by atoms with Gasteiger partial charge in [-0.1, -0.05) is 6.08 Å². The fourth-order valence-electron chi connectivity index (χ4n) is 1.74. The smallest absolute Gasteiger partial charge is 0.316 e. The van der Waals surface area contributed by atoms with Crippen LogP contribution in [0.25, 0.3) is 0 Å². The predicted octanol–water partition coefficient (Wildman–Crippen LogP) is 2.79. The Bertz CT molecular complexity index is 468. The molecule has 0 aliphatic heterocycles. The fraction of sp³-hybridized carbons (Fsp3) is 0.538. The Hall–Kier alpha value is -1.10. The molecule has 0 radical (unpaired) electrons. The number of halogens is 1. The molecule has 18 heavy (non-hydrogen) atoms. The second-order valence-corrected chi connectivity index (χ2v) is 5.28. The summed E-state index contributed by atoms with van der Waals surface area (Å²) >= 11 is 3.50. The van der Waals surface area contributed by atoms with Gasteiger partial charge in [-0.2, -0.15) is 5.10 Å². The highest BCUT2D eigenvalue weighted by atomic mass is 79.9. The van der Waals surface area contributed by atoms with Gasteiger partial charge in [-0.05, 0) is 36.7 Å². The van der Waals surface area contributed by atoms with Crippen LogP contribution in [0.3, 0.4) is 0 Å². The average Bonchev–Trinajstić information content (AvgIpc) is 2.56. The molecule has 0 N–H and O–H groups in total. The monoisotopic (exact) mass is 314 g/mol. The summed E-state index contributed by atoms with van der Waals surface area (Å²) in [7, 11) is 1.86. The Kier molecular flexibility index (Phi) is 4.73. The zero-order chi connectivity index (χ0) is 13.9. The molecule has 0 fully saturated rings. The lowest BCUT2D eigenvalue weighted by molar-refractivity contribution is -0.151. The summed E-state index contributed by atoms with van der Waals surface area (Å²) < 4.78 is 7.81. The number of ether oxygens (including phenoxy) is 1. The second-order valence-electron chi connectivity index (χ2n) is 4.49. The number of aryl methyl sites for hydroxylation is 2. The van der Waals surface area contributed by atoms with Crippen molar-refractivity contribution < 1.29 is 9.53 Å². The van der Waals surface area contributed by atoms with Gasteiger partial charge in [0.15, 0.2) is 0 Å². The van der Waals surface area contributed by atoms with Gasteiger partial charge in [0.25, 0.3) is 0 Å². The first-order valence-electron chi connectivity index (χ1n) is 5.84. The molecule has 1 rings (SSSR count). The Morgan fingerprint density at radius 3 is 2.67 bits per heavy atom. The molecular weight excluding hydrogens is 296 g/mol. The van der Waals surface area contributed by atoms with Gasteiger partial charge in [0.1, 0.15) is 0 Å². The van der Waals surface area contributed by atoms with Crippen LogP contribution < -0.4 is 0 Å². The number of hydrogen-bond acceptors (Lipinski definition) is 3. The number of carbonyl (C=O) groups excluding carboxylic acids is 1. The van der Waals surface area contributed by atoms with E-state index in [4.69, 9.17) is 4.74 Å². The second kappa shape index (κ2) is 5.69. The van der Waals surface area contributed by atoms with Crippen LogP contribution in [0.15, 0.2) is 17.1 Å². The molecule has 1 heterocycles. The summed E-state index contributed by atoms with van der Waals surface area (Å²) in [4.78, 5) is 12.0. The van der Waals surface area contributed by atoms with Crippen molar-refractivity contribution >= 4 is 21.9 Å². The van der Waals surface area contributed by atoms with Gasteiger partial charge in [-0.3, -0.25) is 9.48 Å². The molecule has 0 bridgehead atoms. The maximum absolute atomic E-state index is 12.0. The molecule has 1 aromatic heterocycles. The van der Waals surface area contributed by atoms with E-state index in [1.54, 1.807) is 17.7 Å². The number of rotatable bonds is 5. The lowest BCUT2D eigenvalue weighted by atomic mass is 9.85. The molecule has 1 atom stereocenters. The minimum absolute atomic E-state index is 0.259. The molecule has 1 aromatic rings. The van der Waals surface area contributed by atoms with Crippen LogP contribution >= 0.6 is 15.9 Å². The van der Waals surface area contributed by atoms with Gasteiger partial charge < -0.3 is 4.74 Å². The van der Waals surface area contributed by atoms with E-state index in [2.05, 4.69) is 27.6 Å². The molecule has 5 heteroatoms. The van der Waals surface area contributed by atoms with Crippen molar-refractivity contribution in [2.75, 3.05) is 6.61 Å². The average molecular weight is 315 g/mol. The third kappa shape index (κ3) is 2.83. The van der Waals surface area contributed by atoms with Crippen LogP contribution in [-0.2, 0) is 23.0 Å². The van der Waals surface area contributed by atoms with E-state index in [-0.39, 0.29) is 5.97 Å². The lowest BCUT2D eigenvalue weighted by Gasteiger charge is -2.23. The van der Waals surface area contributed by atoms with Crippen molar-refractivity contribution in [2.45, 2.75) is 27.2 Å².